The Morgan fingerprint density at radius 1 is 1.35 bits per heavy atom. The SMILES string of the molecule is CC(C)NC(=O)Nc1ccc2c(c1)NC(=O)/C2=C\c1cnc[nH]1. The zero-order chi connectivity index (χ0) is 16.4. The van der Waals surface area contributed by atoms with Gasteiger partial charge in [0.2, 0.25) is 0 Å². The molecule has 1 aromatic heterocycles. The topological polar surface area (TPSA) is 98.9 Å². The maximum atomic E-state index is 12.1. The summed E-state index contributed by atoms with van der Waals surface area (Å²) in [4.78, 5) is 30.7. The molecule has 0 radical (unpaired) electrons. The molecule has 23 heavy (non-hydrogen) atoms. The van der Waals surface area contributed by atoms with Crippen LogP contribution in [-0.2, 0) is 4.79 Å². The Hall–Kier alpha value is -3.09. The number of carbonyl (C=O) groups excluding carboxylic acids is 2. The zero-order valence-electron chi connectivity index (χ0n) is 12.8. The van der Waals surface area contributed by atoms with E-state index in [4.69, 9.17) is 0 Å². The fraction of sp³-hybridized carbons (Fsp3) is 0.188. The third-order valence-electron chi connectivity index (χ3n) is 3.30. The molecule has 4 N–H and O–H groups in total. The monoisotopic (exact) mass is 311 g/mol. The summed E-state index contributed by atoms with van der Waals surface area (Å²) in [5.74, 6) is -0.182. The molecule has 0 saturated carbocycles. The third kappa shape index (κ3) is 3.23. The number of anilines is 2. The Kier molecular flexibility index (Phi) is 3.84. The number of carbonyl (C=O) groups is 2. The minimum absolute atomic E-state index is 0.0491. The van der Waals surface area contributed by atoms with Gasteiger partial charge >= 0.3 is 6.03 Å². The highest BCUT2D eigenvalue weighted by Gasteiger charge is 2.24. The maximum absolute atomic E-state index is 12.1. The molecule has 1 aromatic carbocycles. The molecule has 1 aliphatic heterocycles. The molecule has 0 spiro atoms. The van der Waals surface area contributed by atoms with E-state index in [1.54, 1.807) is 36.8 Å². The molecule has 7 nitrogen and oxygen atoms in total. The zero-order valence-corrected chi connectivity index (χ0v) is 12.8. The van der Waals surface area contributed by atoms with E-state index in [2.05, 4.69) is 25.9 Å². The number of H-pyrrole nitrogens is 1. The van der Waals surface area contributed by atoms with Gasteiger partial charge in [-0.1, -0.05) is 6.07 Å². The van der Waals surface area contributed by atoms with Crippen molar-refractivity contribution in [1.29, 1.82) is 0 Å². The number of fused-ring (bicyclic) bond motifs is 1. The average Bonchev–Trinajstić information content (AvgIpc) is 3.07. The van der Waals surface area contributed by atoms with E-state index in [1.807, 2.05) is 13.8 Å². The second-order valence-corrected chi connectivity index (χ2v) is 5.53. The minimum atomic E-state index is -0.280. The first kappa shape index (κ1) is 14.8. The Morgan fingerprint density at radius 3 is 2.87 bits per heavy atom. The summed E-state index contributed by atoms with van der Waals surface area (Å²) >= 11 is 0. The van der Waals surface area contributed by atoms with Gasteiger partial charge in [0, 0.05) is 17.3 Å². The van der Waals surface area contributed by atoms with E-state index < -0.39 is 0 Å². The average molecular weight is 311 g/mol. The molecule has 118 valence electrons. The van der Waals surface area contributed by atoms with Gasteiger partial charge in [-0.25, -0.2) is 9.78 Å². The van der Waals surface area contributed by atoms with Gasteiger partial charge in [-0.15, -0.1) is 0 Å². The van der Waals surface area contributed by atoms with Crippen molar-refractivity contribution in [2.24, 2.45) is 0 Å². The molecular formula is C16H17N5O2. The Balaban J connectivity index is 1.84. The Morgan fingerprint density at radius 2 is 2.17 bits per heavy atom. The number of urea groups is 1. The first-order valence-electron chi connectivity index (χ1n) is 7.26. The molecule has 0 saturated heterocycles. The predicted octanol–water partition coefficient (Wildman–Crippen LogP) is 2.43. The maximum Gasteiger partial charge on any atom is 0.319 e. The van der Waals surface area contributed by atoms with Crippen LogP contribution in [0.2, 0.25) is 0 Å². The molecule has 0 bridgehead atoms. The molecule has 1 aliphatic rings. The third-order valence-corrected chi connectivity index (χ3v) is 3.30. The van der Waals surface area contributed by atoms with Crippen LogP contribution in [0.1, 0.15) is 25.1 Å². The molecule has 7 heteroatoms. The van der Waals surface area contributed by atoms with E-state index >= 15 is 0 Å². The molecule has 3 amide bonds. The van der Waals surface area contributed by atoms with Gasteiger partial charge in [0.25, 0.3) is 5.91 Å². The van der Waals surface area contributed by atoms with Crippen LogP contribution in [0.25, 0.3) is 11.6 Å². The van der Waals surface area contributed by atoms with Crippen LogP contribution in [0.15, 0.2) is 30.7 Å². The van der Waals surface area contributed by atoms with Crippen molar-refractivity contribution in [2.45, 2.75) is 19.9 Å². The number of imidazole rings is 1. The van der Waals surface area contributed by atoms with E-state index in [1.165, 1.54) is 0 Å². The molecule has 0 unspecified atom stereocenters. The Labute approximate surface area is 133 Å². The summed E-state index contributed by atoms with van der Waals surface area (Å²) in [6, 6.07) is 5.08. The normalized spacial score (nSPS) is 14.7. The van der Waals surface area contributed by atoms with E-state index in [0.717, 1.165) is 11.3 Å². The van der Waals surface area contributed by atoms with Crippen LogP contribution in [0.4, 0.5) is 16.2 Å². The number of hydrogen-bond acceptors (Lipinski definition) is 3. The van der Waals surface area contributed by atoms with Gasteiger partial charge in [0.15, 0.2) is 0 Å². The van der Waals surface area contributed by atoms with Crippen molar-refractivity contribution in [1.82, 2.24) is 15.3 Å². The van der Waals surface area contributed by atoms with Crippen molar-refractivity contribution in [3.63, 3.8) is 0 Å². The lowest BCUT2D eigenvalue weighted by molar-refractivity contribution is -0.110. The van der Waals surface area contributed by atoms with Crippen molar-refractivity contribution < 1.29 is 9.59 Å². The van der Waals surface area contributed by atoms with E-state index in [-0.39, 0.29) is 18.0 Å². The standard InChI is InChI=1S/C16H17N5O2/c1-9(2)19-16(23)20-10-3-4-12-13(5-11-7-17-8-18-11)15(22)21-14(12)6-10/h3-9H,1-2H3,(H,17,18)(H,21,22)(H2,19,20,23)/b13-5-. The van der Waals surface area contributed by atoms with Crippen molar-refractivity contribution in [2.75, 3.05) is 10.6 Å². The highest BCUT2D eigenvalue weighted by atomic mass is 16.2. The summed E-state index contributed by atoms with van der Waals surface area (Å²) in [6.07, 6.45) is 4.94. The molecular weight excluding hydrogens is 294 g/mol. The molecule has 0 fully saturated rings. The first-order chi connectivity index (χ1) is 11.0. The molecule has 3 rings (SSSR count). The van der Waals surface area contributed by atoms with Crippen LogP contribution < -0.4 is 16.0 Å². The van der Waals surface area contributed by atoms with Gasteiger partial charge in [0.05, 0.1) is 29.5 Å². The van der Waals surface area contributed by atoms with Gasteiger partial charge in [-0.3, -0.25) is 4.79 Å². The number of amides is 3. The number of benzene rings is 1. The van der Waals surface area contributed by atoms with Gasteiger partial charge in [-0.05, 0) is 32.1 Å². The Bertz CT molecular complexity index is 778. The van der Waals surface area contributed by atoms with Crippen LogP contribution >= 0.6 is 0 Å². The largest absolute Gasteiger partial charge is 0.345 e. The van der Waals surface area contributed by atoms with Gasteiger partial charge in [-0.2, -0.15) is 0 Å². The van der Waals surface area contributed by atoms with Gasteiger partial charge < -0.3 is 20.9 Å². The smallest absolute Gasteiger partial charge is 0.319 e. The quantitative estimate of drug-likeness (QED) is 0.655. The summed E-state index contributed by atoms with van der Waals surface area (Å²) in [5.41, 5.74) is 3.39. The minimum Gasteiger partial charge on any atom is -0.345 e. The number of nitrogens with one attached hydrogen (secondary N) is 4. The van der Waals surface area contributed by atoms with Crippen LogP contribution in [-0.4, -0.2) is 27.9 Å². The number of aromatic amines is 1. The van der Waals surface area contributed by atoms with Crippen molar-refractivity contribution in [3.8, 4) is 0 Å². The number of hydrogen-bond donors (Lipinski definition) is 4. The van der Waals surface area contributed by atoms with Crippen LogP contribution in [0, 0.1) is 0 Å². The summed E-state index contributed by atoms with van der Waals surface area (Å²) in [5, 5.41) is 8.29. The highest BCUT2D eigenvalue weighted by Crippen LogP contribution is 2.34. The molecule has 0 aliphatic carbocycles. The van der Waals surface area contributed by atoms with Crippen molar-refractivity contribution >= 4 is 35.0 Å². The lowest BCUT2D eigenvalue weighted by Crippen LogP contribution is -2.34. The predicted molar refractivity (Wildman–Crippen MR) is 88.8 cm³/mol. The van der Waals surface area contributed by atoms with Crippen molar-refractivity contribution in [3.05, 3.63) is 42.0 Å². The van der Waals surface area contributed by atoms with E-state index in [0.29, 0.717) is 16.9 Å². The lowest BCUT2D eigenvalue weighted by atomic mass is 10.1. The molecule has 2 heterocycles. The van der Waals surface area contributed by atoms with Gasteiger partial charge in [0.1, 0.15) is 0 Å². The fourth-order valence-electron chi connectivity index (χ4n) is 2.35. The summed E-state index contributed by atoms with van der Waals surface area (Å²) < 4.78 is 0. The molecule has 0 atom stereocenters. The second-order valence-electron chi connectivity index (χ2n) is 5.53. The number of aromatic nitrogens is 2. The summed E-state index contributed by atoms with van der Waals surface area (Å²) in [7, 11) is 0. The molecule has 2 aromatic rings. The highest BCUT2D eigenvalue weighted by molar-refractivity contribution is 6.35. The lowest BCUT2D eigenvalue weighted by Gasteiger charge is -2.10. The fourth-order valence-corrected chi connectivity index (χ4v) is 2.35. The number of rotatable bonds is 3. The van der Waals surface area contributed by atoms with Crippen LogP contribution in [0.5, 0.6) is 0 Å². The number of nitrogens with zero attached hydrogens (tertiary/aromatic N) is 1. The second kappa shape index (κ2) is 5.96. The summed E-state index contributed by atoms with van der Waals surface area (Å²) in [6.45, 7) is 3.77. The van der Waals surface area contributed by atoms with Crippen LogP contribution in [0.3, 0.4) is 0 Å². The first-order valence-corrected chi connectivity index (χ1v) is 7.26. The van der Waals surface area contributed by atoms with E-state index in [9.17, 15) is 9.59 Å².